The smallest absolute Gasteiger partial charge is 0.240 e. The second-order valence-electron chi connectivity index (χ2n) is 5.25. The maximum absolute atomic E-state index is 12.3. The lowest BCUT2D eigenvalue weighted by molar-refractivity contribution is 0.373. The fourth-order valence-corrected chi connectivity index (χ4v) is 4.33. The summed E-state index contributed by atoms with van der Waals surface area (Å²) < 4.78 is 49.7. The first-order chi connectivity index (χ1) is 9.68. The summed E-state index contributed by atoms with van der Waals surface area (Å²) in [5, 5.41) is 5.01. The van der Waals surface area contributed by atoms with Crippen LogP contribution in [0.15, 0.2) is 34.1 Å². The van der Waals surface area contributed by atoms with Crippen molar-refractivity contribution in [2.24, 2.45) is 10.9 Å². The molecule has 0 spiro atoms. The van der Waals surface area contributed by atoms with E-state index in [0.29, 0.717) is 12.8 Å². The van der Waals surface area contributed by atoms with Crippen LogP contribution in [-0.4, -0.2) is 28.9 Å². The minimum Gasteiger partial charge on any atom is -0.328 e. The van der Waals surface area contributed by atoms with Crippen LogP contribution in [0.1, 0.15) is 25.7 Å². The van der Waals surface area contributed by atoms with Crippen LogP contribution < -0.4 is 15.6 Å². The molecule has 5 N–H and O–H groups in total. The molecule has 0 aromatic heterocycles. The van der Waals surface area contributed by atoms with Gasteiger partial charge < -0.3 is 5.73 Å². The average molecular weight is 370 g/mol. The zero-order valence-corrected chi connectivity index (χ0v) is 14.3. The second kappa shape index (κ2) is 7.24. The van der Waals surface area contributed by atoms with Crippen molar-refractivity contribution in [3.05, 3.63) is 24.3 Å². The molecule has 0 aliphatic heterocycles. The number of hydrogen-bond acceptors (Lipinski definition) is 5. The normalized spacial score (nSPS) is 22.8. The van der Waals surface area contributed by atoms with Gasteiger partial charge in [0.25, 0.3) is 0 Å². The van der Waals surface area contributed by atoms with Crippen LogP contribution in [0.4, 0.5) is 0 Å². The Bertz CT molecular complexity index is 714. The molecule has 1 fully saturated rings. The molecule has 0 saturated heterocycles. The van der Waals surface area contributed by atoms with Gasteiger partial charge in [-0.2, -0.15) is 0 Å². The van der Waals surface area contributed by atoms with Crippen molar-refractivity contribution in [3.63, 3.8) is 0 Å². The predicted octanol–water partition coefficient (Wildman–Crippen LogP) is 0.304. The van der Waals surface area contributed by atoms with Crippen LogP contribution in [0.25, 0.3) is 0 Å². The minimum absolute atomic E-state index is 0. The minimum atomic E-state index is -3.93. The molecule has 1 aromatic carbocycles. The van der Waals surface area contributed by atoms with E-state index in [1.54, 1.807) is 0 Å². The highest BCUT2D eigenvalue weighted by Gasteiger charge is 2.25. The van der Waals surface area contributed by atoms with Crippen molar-refractivity contribution in [3.8, 4) is 0 Å². The zero-order valence-electron chi connectivity index (χ0n) is 11.8. The molecule has 1 aliphatic carbocycles. The van der Waals surface area contributed by atoms with Crippen molar-refractivity contribution in [2.75, 3.05) is 0 Å². The Hall–Kier alpha value is -0.710. The molecule has 0 heterocycles. The lowest BCUT2D eigenvalue weighted by Crippen LogP contribution is -2.40. The maximum atomic E-state index is 12.3. The van der Waals surface area contributed by atoms with Crippen LogP contribution in [-0.2, 0) is 20.0 Å². The third-order valence-electron chi connectivity index (χ3n) is 3.54. The van der Waals surface area contributed by atoms with Gasteiger partial charge >= 0.3 is 0 Å². The molecule has 7 nitrogen and oxygen atoms in total. The fraction of sp³-hybridized carbons (Fsp3) is 0.500. The molecule has 1 aliphatic rings. The van der Waals surface area contributed by atoms with E-state index in [-0.39, 0.29) is 34.3 Å². The third-order valence-corrected chi connectivity index (χ3v) is 5.97. The summed E-state index contributed by atoms with van der Waals surface area (Å²) in [5.41, 5.74) is 5.78. The molecule has 0 radical (unpaired) electrons. The topological polar surface area (TPSA) is 132 Å². The maximum Gasteiger partial charge on any atom is 0.240 e. The van der Waals surface area contributed by atoms with E-state index in [1.807, 2.05) is 0 Å². The van der Waals surface area contributed by atoms with E-state index in [2.05, 4.69) is 4.72 Å². The summed E-state index contributed by atoms with van der Waals surface area (Å²) in [4.78, 5) is -0.333. The van der Waals surface area contributed by atoms with Gasteiger partial charge in [-0.25, -0.2) is 26.7 Å². The zero-order chi connectivity index (χ0) is 15.7. The lowest BCUT2D eigenvalue weighted by atomic mass is 9.93. The van der Waals surface area contributed by atoms with Gasteiger partial charge in [-0.15, -0.1) is 12.4 Å². The first kappa shape index (κ1) is 19.3. The van der Waals surface area contributed by atoms with Gasteiger partial charge in [0.05, 0.1) is 9.79 Å². The van der Waals surface area contributed by atoms with E-state index in [4.69, 9.17) is 10.9 Å². The first-order valence-corrected chi connectivity index (χ1v) is 9.62. The summed E-state index contributed by atoms with van der Waals surface area (Å²) in [5.74, 6) is 0. The second-order valence-corrected chi connectivity index (χ2v) is 8.53. The number of primary sulfonamides is 1. The summed E-state index contributed by atoms with van der Waals surface area (Å²) >= 11 is 0. The molecule has 126 valence electrons. The lowest BCUT2D eigenvalue weighted by Gasteiger charge is -2.26. The van der Waals surface area contributed by atoms with Gasteiger partial charge in [0, 0.05) is 12.1 Å². The van der Waals surface area contributed by atoms with Crippen molar-refractivity contribution in [1.29, 1.82) is 0 Å². The Kier molecular flexibility index (Phi) is 6.36. The largest absolute Gasteiger partial charge is 0.328 e. The van der Waals surface area contributed by atoms with Gasteiger partial charge in [0.15, 0.2) is 0 Å². The molecule has 22 heavy (non-hydrogen) atoms. The molecule has 1 saturated carbocycles. The number of nitrogens with one attached hydrogen (secondary N) is 1. The van der Waals surface area contributed by atoms with Gasteiger partial charge in [-0.1, -0.05) is 6.07 Å². The van der Waals surface area contributed by atoms with Crippen LogP contribution in [0.5, 0.6) is 0 Å². The molecule has 2 rings (SSSR count). The van der Waals surface area contributed by atoms with E-state index < -0.39 is 20.0 Å². The van der Waals surface area contributed by atoms with Crippen LogP contribution >= 0.6 is 12.4 Å². The molecule has 0 bridgehead atoms. The van der Waals surface area contributed by atoms with Gasteiger partial charge in [0.2, 0.25) is 20.0 Å². The highest BCUT2D eigenvalue weighted by atomic mass is 35.5. The van der Waals surface area contributed by atoms with Crippen molar-refractivity contribution >= 4 is 32.5 Å². The van der Waals surface area contributed by atoms with Gasteiger partial charge in [-0.3, -0.25) is 0 Å². The summed E-state index contributed by atoms with van der Waals surface area (Å²) in [6.45, 7) is 0. The monoisotopic (exact) mass is 369 g/mol. The van der Waals surface area contributed by atoms with Crippen LogP contribution in [0, 0.1) is 0 Å². The Labute approximate surface area is 137 Å². The van der Waals surface area contributed by atoms with Gasteiger partial charge in [-0.05, 0) is 43.9 Å². The highest BCUT2D eigenvalue weighted by Crippen LogP contribution is 2.20. The first-order valence-electron chi connectivity index (χ1n) is 6.59. The molecule has 1 aromatic rings. The summed E-state index contributed by atoms with van der Waals surface area (Å²) in [6, 6.07) is 4.96. The molecular formula is C12H20ClN3O4S2. The Morgan fingerprint density at radius 1 is 1.00 bits per heavy atom. The number of halogens is 1. The SMILES string of the molecule is Cl.NC1CCC(NS(=O)(=O)c2cccc(S(N)(=O)=O)c2)CC1. The molecule has 10 heteroatoms. The van der Waals surface area contributed by atoms with E-state index in [9.17, 15) is 16.8 Å². The van der Waals surface area contributed by atoms with Crippen molar-refractivity contribution in [1.82, 2.24) is 4.72 Å². The van der Waals surface area contributed by atoms with Crippen LogP contribution in [0.3, 0.4) is 0 Å². The number of benzene rings is 1. The highest BCUT2D eigenvalue weighted by molar-refractivity contribution is 7.90. The Balaban J connectivity index is 0.00000242. The average Bonchev–Trinajstić information content (AvgIpc) is 2.40. The van der Waals surface area contributed by atoms with Crippen molar-refractivity contribution in [2.45, 2.75) is 47.6 Å². The summed E-state index contributed by atoms with van der Waals surface area (Å²) in [7, 11) is -7.71. The van der Waals surface area contributed by atoms with Crippen molar-refractivity contribution < 1.29 is 16.8 Å². The molecule has 0 amide bonds. The van der Waals surface area contributed by atoms with E-state index in [1.165, 1.54) is 18.2 Å². The fourth-order valence-electron chi connectivity index (χ4n) is 2.34. The quantitative estimate of drug-likeness (QED) is 0.702. The molecule has 0 atom stereocenters. The van der Waals surface area contributed by atoms with E-state index in [0.717, 1.165) is 18.9 Å². The molecular weight excluding hydrogens is 350 g/mol. The molecule has 0 unspecified atom stereocenters. The Morgan fingerprint density at radius 3 is 2.09 bits per heavy atom. The Morgan fingerprint density at radius 2 is 1.55 bits per heavy atom. The number of hydrogen-bond donors (Lipinski definition) is 3. The van der Waals surface area contributed by atoms with Gasteiger partial charge in [0.1, 0.15) is 0 Å². The third kappa shape index (κ3) is 4.90. The summed E-state index contributed by atoms with van der Waals surface area (Å²) in [6.07, 6.45) is 2.89. The number of rotatable bonds is 4. The predicted molar refractivity (Wildman–Crippen MR) is 85.6 cm³/mol. The van der Waals surface area contributed by atoms with E-state index >= 15 is 0 Å². The number of sulfonamides is 2. The van der Waals surface area contributed by atoms with Crippen LogP contribution in [0.2, 0.25) is 0 Å². The number of nitrogens with two attached hydrogens (primary N) is 2. The standard InChI is InChI=1S/C12H19N3O4S2.ClH/c13-9-4-6-10(7-5-9)15-21(18,19)12-3-1-2-11(8-12)20(14,16)17;/h1-3,8-10,15H,4-7,13H2,(H2,14,16,17);1H.